The summed E-state index contributed by atoms with van der Waals surface area (Å²) in [5, 5.41) is 8.70. The number of carbonyl (C=O) groups excluding carboxylic acids is 1. The Morgan fingerprint density at radius 2 is 1.84 bits per heavy atom. The van der Waals surface area contributed by atoms with Crippen LogP contribution in [0.1, 0.15) is 23.1 Å². The maximum Gasteiger partial charge on any atom is 0.312 e. The number of benzene rings is 1. The van der Waals surface area contributed by atoms with E-state index in [0.717, 1.165) is 16.7 Å². The number of rotatable bonds is 4. The molecule has 104 valence electrons. The molecule has 1 amide bonds. The summed E-state index contributed by atoms with van der Waals surface area (Å²) in [6, 6.07) is 1.96. The first-order valence-electron chi connectivity index (χ1n) is 5.92. The fourth-order valence-corrected chi connectivity index (χ4v) is 2.08. The topological polar surface area (TPSA) is 66.8 Å². The van der Waals surface area contributed by atoms with Crippen LogP contribution >= 0.6 is 0 Å². The van der Waals surface area contributed by atoms with Crippen LogP contribution in [0.3, 0.4) is 0 Å². The highest BCUT2D eigenvalue weighted by Gasteiger charge is 2.21. The van der Waals surface area contributed by atoms with Crippen molar-refractivity contribution in [2.45, 2.75) is 27.2 Å². The predicted molar refractivity (Wildman–Crippen MR) is 72.9 cm³/mol. The van der Waals surface area contributed by atoms with Gasteiger partial charge in [-0.15, -0.1) is 0 Å². The van der Waals surface area contributed by atoms with Crippen molar-refractivity contribution in [1.29, 1.82) is 0 Å². The second-order valence-electron chi connectivity index (χ2n) is 4.54. The van der Waals surface area contributed by atoms with Gasteiger partial charge in [0.05, 0.1) is 12.8 Å². The number of hydrogen-bond acceptors (Lipinski definition) is 3. The average Bonchev–Trinajstić information content (AvgIpc) is 2.31. The van der Waals surface area contributed by atoms with Crippen molar-refractivity contribution >= 4 is 17.6 Å². The highest BCUT2D eigenvalue weighted by molar-refractivity contribution is 6.04. The fourth-order valence-electron chi connectivity index (χ4n) is 2.08. The summed E-state index contributed by atoms with van der Waals surface area (Å²) in [4.78, 5) is 23.8. The molecule has 0 heterocycles. The van der Waals surface area contributed by atoms with Gasteiger partial charge in [-0.3, -0.25) is 9.59 Å². The van der Waals surface area contributed by atoms with E-state index in [1.807, 2.05) is 26.8 Å². The molecule has 0 radical (unpaired) electrons. The van der Waals surface area contributed by atoms with Gasteiger partial charge < -0.3 is 14.7 Å². The molecule has 0 spiro atoms. The summed E-state index contributed by atoms with van der Waals surface area (Å²) in [5.41, 5.74) is 3.51. The first-order chi connectivity index (χ1) is 8.79. The van der Waals surface area contributed by atoms with Gasteiger partial charge in [0.1, 0.15) is 12.2 Å². The van der Waals surface area contributed by atoms with E-state index in [2.05, 4.69) is 0 Å². The van der Waals surface area contributed by atoms with Crippen molar-refractivity contribution in [3.05, 3.63) is 22.8 Å². The van der Waals surface area contributed by atoms with Gasteiger partial charge in [0, 0.05) is 7.05 Å². The Balaban J connectivity index is 3.30. The number of aryl methyl sites for hydroxylation is 2. The van der Waals surface area contributed by atoms with E-state index in [0.29, 0.717) is 11.4 Å². The Kier molecular flexibility index (Phi) is 4.53. The molecule has 0 aliphatic carbocycles. The van der Waals surface area contributed by atoms with E-state index in [-0.39, 0.29) is 0 Å². The van der Waals surface area contributed by atoms with Crippen LogP contribution < -0.4 is 9.64 Å². The van der Waals surface area contributed by atoms with Crippen molar-refractivity contribution in [3.8, 4) is 5.75 Å². The lowest BCUT2D eigenvalue weighted by Crippen LogP contribution is -2.29. The SMILES string of the molecule is COc1c(C)c(C)cc(C)c1N(C)C(=O)CC(=O)O. The number of carboxylic acids is 1. The highest BCUT2D eigenvalue weighted by atomic mass is 16.5. The van der Waals surface area contributed by atoms with Gasteiger partial charge >= 0.3 is 5.97 Å². The van der Waals surface area contributed by atoms with Crippen molar-refractivity contribution < 1.29 is 19.4 Å². The van der Waals surface area contributed by atoms with Crippen LogP contribution in [0.15, 0.2) is 6.07 Å². The number of ether oxygens (including phenoxy) is 1. The van der Waals surface area contributed by atoms with Crippen LogP contribution in [-0.4, -0.2) is 31.1 Å². The lowest BCUT2D eigenvalue weighted by molar-refractivity contribution is -0.140. The first-order valence-corrected chi connectivity index (χ1v) is 5.92. The molecule has 0 unspecified atom stereocenters. The van der Waals surface area contributed by atoms with E-state index in [4.69, 9.17) is 9.84 Å². The number of methoxy groups -OCH3 is 1. The maximum absolute atomic E-state index is 11.9. The van der Waals surface area contributed by atoms with E-state index < -0.39 is 18.3 Å². The quantitative estimate of drug-likeness (QED) is 0.846. The van der Waals surface area contributed by atoms with Gasteiger partial charge in [0.2, 0.25) is 5.91 Å². The molecule has 5 heteroatoms. The standard InChI is InChI=1S/C14H19NO4/c1-8-6-9(2)13(14(19-5)10(8)3)15(4)11(16)7-12(17)18/h6H,7H2,1-5H3,(H,17,18). The summed E-state index contributed by atoms with van der Waals surface area (Å²) in [6.07, 6.45) is -0.536. The fraction of sp³-hybridized carbons (Fsp3) is 0.429. The van der Waals surface area contributed by atoms with Gasteiger partial charge in [-0.05, 0) is 37.5 Å². The molecule has 0 aliphatic heterocycles. The molecule has 0 saturated carbocycles. The lowest BCUT2D eigenvalue weighted by atomic mass is 10.0. The summed E-state index contributed by atoms with van der Waals surface area (Å²) in [6.45, 7) is 5.75. The van der Waals surface area contributed by atoms with Gasteiger partial charge in [0.25, 0.3) is 0 Å². The minimum Gasteiger partial charge on any atom is -0.494 e. The predicted octanol–water partition coefficient (Wildman–Crippen LogP) is 2.06. The number of hydrogen-bond donors (Lipinski definition) is 1. The molecular formula is C14H19NO4. The van der Waals surface area contributed by atoms with Crippen LogP contribution in [-0.2, 0) is 9.59 Å². The third kappa shape index (κ3) is 3.05. The van der Waals surface area contributed by atoms with Crippen molar-refractivity contribution in [2.24, 2.45) is 0 Å². The van der Waals surface area contributed by atoms with Crippen molar-refractivity contribution in [2.75, 3.05) is 19.1 Å². The minimum absolute atomic E-state index is 0.475. The zero-order valence-corrected chi connectivity index (χ0v) is 11.9. The maximum atomic E-state index is 11.9. The van der Waals surface area contributed by atoms with Crippen LogP contribution in [0, 0.1) is 20.8 Å². The number of amides is 1. The second kappa shape index (κ2) is 5.73. The average molecular weight is 265 g/mol. The molecule has 1 rings (SSSR count). The molecule has 5 nitrogen and oxygen atoms in total. The normalized spacial score (nSPS) is 10.2. The van der Waals surface area contributed by atoms with Crippen molar-refractivity contribution in [3.63, 3.8) is 0 Å². The van der Waals surface area contributed by atoms with Crippen LogP contribution in [0.4, 0.5) is 5.69 Å². The molecule has 1 aromatic rings. The zero-order valence-electron chi connectivity index (χ0n) is 11.9. The summed E-state index contributed by atoms with van der Waals surface area (Å²) >= 11 is 0. The Morgan fingerprint density at radius 3 is 2.32 bits per heavy atom. The zero-order chi connectivity index (χ0) is 14.7. The number of carbonyl (C=O) groups is 2. The van der Waals surface area contributed by atoms with E-state index >= 15 is 0 Å². The third-order valence-corrected chi connectivity index (χ3v) is 3.17. The number of anilines is 1. The Morgan fingerprint density at radius 1 is 1.26 bits per heavy atom. The number of aliphatic carboxylic acids is 1. The Hall–Kier alpha value is -2.04. The molecule has 0 fully saturated rings. The van der Waals surface area contributed by atoms with E-state index in [1.165, 1.54) is 4.90 Å². The molecule has 0 bridgehead atoms. The summed E-state index contributed by atoms with van der Waals surface area (Å²) in [7, 11) is 3.10. The summed E-state index contributed by atoms with van der Waals surface area (Å²) in [5.74, 6) is -1.01. The molecule has 19 heavy (non-hydrogen) atoms. The molecular weight excluding hydrogens is 246 g/mol. The van der Waals surface area contributed by atoms with Gasteiger partial charge in [-0.1, -0.05) is 6.07 Å². The van der Waals surface area contributed by atoms with E-state index in [9.17, 15) is 9.59 Å². The minimum atomic E-state index is -1.14. The van der Waals surface area contributed by atoms with Crippen LogP contribution in [0.5, 0.6) is 5.75 Å². The molecule has 1 N–H and O–H groups in total. The Bertz CT molecular complexity index is 523. The largest absolute Gasteiger partial charge is 0.494 e. The lowest BCUT2D eigenvalue weighted by Gasteiger charge is -2.24. The van der Waals surface area contributed by atoms with Gasteiger partial charge in [-0.2, -0.15) is 0 Å². The number of carboxylic acid groups (broad SMARTS) is 1. The molecule has 0 atom stereocenters. The van der Waals surface area contributed by atoms with Crippen LogP contribution in [0.2, 0.25) is 0 Å². The second-order valence-corrected chi connectivity index (χ2v) is 4.54. The van der Waals surface area contributed by atoms with E-state index in [1.54, 1.807) is 14.2 Å². The smallest absolute Gasteiger partial charge is 0.312 e. The Labute approximate surface area is 112 Å². The highest BCUT2D eigenvalue weighted by Crippen LogP contribution is 2.36. The van der Waals surface area contributed by atoms with Crippen LogP contribution in [0.25, 0.3) is 0 Å². The first kappa shape index (κ1) is 15.0. The molecule has 1 aromatic carbocycles. The molecule has 0 aromatic heterocycles. The van der Waals surface area contributed by atoms with Gasteiger partial charge in [0.15, 0.2) is 0 Å². The third-order valence-electron chi connectivity index (χ3n) is 3.17. The van der Waals surface area contributed by atoms with Crippen molar-refractivity contribution in [1.82, 2.24) is 0 Å². The monoisotopic (exact) mass is 265 g/mol. The van der Waals surface area contributed by atoms with Gasteiger partial charge in [-0.25, -0.2) is 0 Å². The molecule has 0 aliphatic rings. The molecule has 0 saturated heterocycles. The summed E-state index contributed by atoms with van der Waals surface area (Å²) < 4.78 is 5.37. The number of nitrogens with zero attached hydrogens (tertiary/aromatic N) is 1.